The van der Waals surface area contributed by atoms with Crippen molar-refractivity contribution in [2.24, 2.45) is 0 Å². The SMILES string of the molecule is CC/C=C\C/C=C\C/C=C\C/C=C\C/C=C\C/C=C\C/C=C\C/C=C\CCCCCCCCC(=O)OCC(COC(=O)CCCCCCC/C=C\CCCC)OC(=O)CCCCCCC/C=C\C/C=C\CCCCC. The van der Waals surface area contributed by atoms with E-state index in [4.69, 9.17) is 14.2 Å². The largest absolute Gasteiger partial charge is 0.462 e. The molecule has 0 amide bonds. The zero-order valence-corrected chi connectivity index (χ0v) is 48.5. The number of carbonyl (C=O) groups is 3. The molecule has 6 heteroatoms. The van der Waals surface area contributed by atoms with Gasteiger partial charge in [-0.2, -0.15) is 0 Å². The lowest BCUT2D eigenvalue weighted by molar-refractivity contribution is -0.167. The summed E-state index contributed by atoms with van der Waals surface area (Å²) in [5.41, 5.74) is 0. The number of hydrogen-bond donors (Lipinski definition) is 0. The summed E-state index contributed by atoms with van der Waals surface area (Å²) in [7, 11) is 0. The minimum Gasteiger partial charge on any atom is -0.462 e. The highest BCUT2D eigenvalue weighted by atomic mass is 16.6. The smallest absolute Gasteiger partial charge is 0.306 e. The van der Waals surface area contributed by atoms with Crippen LogP contribution in [0.25, 0.3) is 0 Å². The van der Waals surface area contributed by atoms with Gasteiger partial charge in [0.2, 0.25) is 0 Å². The van der Waals surface area contributed by atoms with E-state index in [2.05, 4.69) is 154 Å². The van der Waals surface area contributed by atoms with Crippen molar-refractivity contribution in [1.29, 1.82) is 0 Å². The minimum absolute atomic E-state index is 0.0959. The molecule has 0 aliphatic rings. The van der Waals surface area contributed by atoms with Gasteiger partial charge in [0.15, 0.2) is 6.10 Å². The number of rotatable bonds is 54. The van der Waals surface area contributed by atoms with E-state index in [-0.39, 0.29) is 31.1 Å². The van der Waals surface area contributed by atoms with Gasteiger partial charge in [-0.25, -0.2) is 0 Å². The molecule has 75 heavy (non-hydrogen) atoms. The van der Waals surface area contributed by atoms with E-state index in [0.717, 1.165) is 161 Å². The van der Waals surface area contributed by atoms with Crippen molar-refractivity contribution in [2.45, 2.75) is 271 Å². The third-order valence-corrected chi connectivity index (χ3v) is 12.6. The molecule has 0 aromatic heterocycles. The topological polar surface area (TPSA) is 78.9 Å². The molecule has 0 rings (SSSR count). The van der Waals surface area contributed by atoms with Gasteiger partial charge < -0.3 is 14.2 Å². The third-order valence-electron chi connectivity index (χ3n) is 12.6. The Morgan fingerprint density at radius 2 is 0.533 bits per heavy atom. The van der Waals surface area contributed by atoms with Gasteiger partial charge in [-0.15, -0.1) is 0 Å². The molecule has 424 valence electrons. The van der Waals surface area contributed by atoms with Crippen molar-refractivity contribution in [3.63, 3.8) is 0 Å². The Hall–Kier alpha value is -4.45. The first-order valence-corrected chi connectivity index (χ1v) is 30.7. The molecule has 0 saturated carbocycles. The average Bonchev–Trinajstić information content (AvgIpc) is 3.41. The molecule has 0 bridgehead atoms. The lowest BCUT2D eigenvalue weighted by Gasteiger charge is -2.18. The number of esters is 3. The van der Waals surface area contributed by atoms with E-state index in [1.165, 1.54) is 64.2 Å². The molecule has 1 atom stereocenters. The molecular weight excluding hydrogens is 925 g/mol. The fourth-order valence-electron chi connectivity index (χ4n) is 8.00. The van der Waals surface area contributed by atoms with Crippen molar-refractivity contribution in [3.8, 4) is 0 Å². The number of ether oxygens (including phenoxy) is 3. The average molecular weight is 1040 g/mol. The number of allylic oxidation sites excluding steroid dienone is 22. The van der Waals surface area contributed by atoms with Crippen LogP contribution in [0.15, 0.2) is 134 Å². The highest BCUT2D eigenvalue weighted by Crippen LogP contribution is 2.14. The molecule has 0 radical (unpaired) electrons. The molecule has 0 heterocycles. The Kier molecular flexibility index (Phi) is 58.4. The van der Waals surface area contributed by atoms with Crippen LogP contribution in [-0.2, 0) is 28.6 Å². The van der Waals surface area contributed by atoms with Crippen LogP contribution in [0.1, 0.15) is 265 Å². The van der Waals surface area contributed by atoms with Crippen LogP contribution in [-0.4, -0.2) is 37.2 Å². The van der Waals surface area contributed by atoms with Crippen LogP contribution in [0.5, 0.6) is 0 Å². The van der Waals surface area contributed by atoms with Crippen LogP contribution in [0.3, 0.4) is 0 Å². The van der Waals surface area contributed by atoms with Gasteiger partial charge in [0.05, 0.1) is 0 Å². The molecule has 1 unspecified atom stereocenters. The van der Waals surface area contributed by atoms with E-state index in [0.29, 0.717) is 19.3 Å². The first-order valence-electron chi connectivity index (χ1n) is 30.7. The molecule has 0 N–H and O–H groups in total. The van der Waals surface area contributed by atoms with E-state index in [9.17, 15) is 14.4 Å². The predicted octanol–water partition coefficient (Wildman–Crippen LogP) is 21.0. The standard InChI is InChI=1S/C69H112O6/c1-4-7-10-13-16-19-22-24-26-27-28-29-30-31-32-33-34-35-36-37-38-39-40-41-43-44-47-50-53-56-59-62-68(71)74-65-66(64-73-67(70)61-58-55-52-49-46-21-18-15-12-9-6-3)75-69(72)63-60-57-54-51-48-45-42-25-23-20-17-14-11-8-5-2/h7,10,15-20,24-26,28-29,31-32,34-35,37-38,40-42,66H,4-6,8-9,11-14,21-23,27,30,33,36,39,43-65H2,1-3H3/b10-7-,18-15-,19-16-,20-17-,26-24-,29-28-,32-31-,35-34-,38-37-,41-40-,42-25-. The molecule has 0 aliphatic heterocycles. The van der Waals surface area contributed by atoms with E-state index >= 15 is 0 Å². The van der Waals surface area contributed by atoms with Crippen LogP contribution in [0, 0.1) is 0 Å². The van der Waals surface area contributed by atoms with Gasteiger partial charge >= 0.3 is 17.9 Å². The maximum absolute atomic E-state index is 12.8. The molecule has 0 spiro atoms. The first kappa shape index (κ1) is 70.5. The quantitative estimate of drug-likeness (QED) is 0.0261. The molecule has 0 aromatic rings. The summed E-state index contributed by atoms with van der Waals surface area (Å²) in [5, 5.41) is 0. The Morgan fingerprint density at radius 3 is 0.867 bits per heavy atom. The summed E-state index contributed by atoms with van der Waals surface area (Å²) in [6, 6.07) is 0. The zero-order chi connectivity index (χ0) is 54.3. The van der Waals surface area contributed by atoms with Gasteiger partial charge in [0, 0.05) is 19.3 Å². The lowest BCUT2D eigenvalue weighted by atomic mass is 10.1. The Labute approximate surface area is 462 Å². The summed E-state index contributed by atoms with van der Waals surface area (Å²) in [4.78, 5) is 38.1. The fourth-order valence-corrected chi connectivity index (χ4v) is 8.00. The lowest BCUT2D eigenvalue weighted by Crippen LogP contribution is -2.30. The summed E-state index contributed by atoms with van der Waals surface area (Å²) in [5.74, 6) is -0.936. The van der Waals surface area contributed by atoms with Crippen molar-refractivity contribution in [2.75, 3.05) is 13.2 Å². The van der Waals surface area contributed by atoms with Gasteiger partial charge in [0.1, 0.15) is 13.2 Å². The molecule has 0 saturated heterocycles. The van der Waals surface area contributed by atoms with E-state index in [1.54, 1.807) is 0 Å². The summed E-state index contributed by atoms with van der Waals surface area (Å²) < 4.78 is 16.8. The Morgan fingerprint density at radius 1 is 0.280 bits per heavy atom. The predicted molar refractivity (Wildman–Crippen MR) is 325 cm³/mol. The summed E-state index contributed by atoms with van der Waals surface area (Å²) in [6.45, 7) is 6.42. The second kappa shape index (κ2) is 62.1. The molecular formula is C69H112O6. The maximum atomic E-state index is 12.8. The molecule has 0 aromatic carbocycles. The van der Waals surface area contributed by atoms with E-state index in [1.807, 2.05) is 0 Å². The van der Waals surface area contributed by atoms with Crippen molar-refractivity contribution in [1.82, 2.24) is 0 Å². The van der Waals surface area contributed by atoms with E-state index < -0.39 is 6.10 Å². The Bertz CT molecular complexity index is 1620. The zero-order valence-electron chi connectivity index (χ0n) is 48.5. The molecule has 0 fully saturated rings. The number of carbonyl (C=O) groups excluding carboxylic acids is 3. The first-order chi connectivity index (χ1) is 37.0. The Balaban J connectivity index is 4.31. The van der Waals surface area contributed by atoms with Gasteiger partial charge in [-0.05, 0) is 135 Å². The second-order valence-electron chi connectivity index (χ2n) is 19.9. The number of hydrogen-bond acceptors (Lipinski definition) is 6. The third kappa shape index (κ3) is 60.3. The van der Waals surface area contributed by atoms with Crippen molar-refractivity contribution < 1.29 is 28.6 Å². The van der Waals surface area contributed by atoms with Gasteiger partial charge in [-0.1, -0.05) is 244 Å². The van der Waals surface area contributed by atoms with Gasteiger partial charge in [0.25, 0.3) is 0 Å². The van der Waals surface area contributed by atoms with Crippen molar-refractivity contribution >= 4 is 17.9 Å². The maximum Gasteiger partial charge on any atom is 0.306 e. The van der Waals surface area contributed by atoms with Crippen molar-refractivity contribution in [3.05, 3.63) is 134 Å². The second-order valence-corrected chi connectivity index (χ2v) is 19.9. The minimum atomic E-state index is -0.799. The van der Waals surface area contributed by atoms with Crippen LogP contribution < -0.4 is 0 Å². The monoisotopic (exact) mass is 1040 g/mol. The van der Waals surface area contributed by atoms with Crippen LogP contribution in [0.4, 0.5) is 0 Å². The summed E-state index contributed by atoms with van der Waals surface area (Å²) in [6.07, 6.45) is 87.4. The highest BCUT2D eigenvalue weighted by molar-refractivity contribution is 5.71. The van der Waals surface area contributed by atoms with Crippen LogP contribution >= 0.6 is 0 Å². The highest BCUT2D eigenvalue weighted by Gasteiger charge is 2.19. The van der Waals surface area contributed by atoms with Gasteiger partial charge in [-0.3, -0.25) is 14.4 Å². The molecule has 6 nitrogen and oxygen atoms in total. The summed E-state index contributed by atoms with van der Waals surface area (Å²) >= 11 is 0. The molecule has 0 aliphatic carbocycles. The van der Waals surface area contributed by atoms with Crippen LogP contribution in [0.2, 0.25) is 0 Å². The number of unbranched alkanes of at least 4 members (excludes halogenated alkanes) is 21. The normalized spacial score (nSPS) is 13.1. The fraction of sp³-hybridized carbons (Fsp3) is 0.638.